The highest BCUT2D eigenvalue weighted by molar-refractivity contribution is 6.46. The van der Waals surface area contributed by atoms with E-state index in [1.54, 1.807) is 0 Å². The standard InChI is InChI=1S/C22H27Cl2N3O2/c1-25-13-16-26-14-11-18(12-15-26)29-22(28)27(21(23)24)20-10-6-5-9-19(20)17-7-3-2-4-8-17/h2-10,18,21,25H,11-16H2,1H3. The summed E-state index contributed by atoms with van der Waals surface area (Å²) in [6.07, 6.45) is 0.960. The Morgan fingerprint density at radius 1 is 1.14 bits per heavy atom. The van der Waals surface area contributed by atoms with Crippen LogP contribution >= 0.6 is 23.2 Å². The van der Waals surface area contributed by atoms with Crippen LogP contribution in [-0.4, -0.2) is 55.3 Å². The second-order valence-electron chi connectivity index (χ2n) is 7.06. The minimum Gasteiger partial charge on any atom is -0.446 e. The number of likely N-dealkylation sites (N-methyl/N-ethyl adjacent to an activating group) is 1. The fourth-order valence-electron chi connectivity index (χ4n) is 3.55. The molecule has 0 bridgehead atoms. The molecule has 1 saturated heterocycles. The van der Waals surface area contributed by atoms with Gasteiger partial charge in [-0.3, -0.25) is 0 Å². The van der Waals surface area contributed by atoms with Crippen LogP contribution in [-0.2, 0) is 4.74 Å². The maximum atomic E-state index is 13.0. The number of alkyl halides is 2. The Bertz CT molecular complexity index is 781. The van der Waals surface area contributed by atoms with Crippen molar-refractivity contribution < 1.29 is 9.53 Å². The molecule has 1 N–H and O–H groups in total. The summed E-state index contributed by atoms with van der Waals surface area (Å²) in [6.45, 7) is 3.77. The van der Waals surface area contributed by atoms with Crippen LogP contribution in [0.1, 0.15) is 12.8 Å². The number of ether oxygens (including phenoxy) is 1. The molecule has 0 saturated carbocycles. The second-order valence-corrected chi connectivity index (χ2v) is 8.11. The fourth-order valence-corrected chi connectivity index (χ4v) is 3.92. The monoisotopic (exact) mass is 435 g/mol. The molecular formula is C22H27Cl2N3O2. The highest BCUT2D eigenvalue weighted by Gasteiger charge is 2.30. The number of amides is 1. The molecule has 2 aromatic carbocycles. The molecule has 0 aliphatic carbocycles. The van der Waals surface area contributed by atoms with Gasteiger partial charge < -0.3 is 15.0 Å². The number of halogens is 2. The van der Waals surface area contributed by atoms with Crippen LogP contribution in [0.15, 0.2) is 54.6 Å². The zero-order valence-electron chi connectivity index (χ0n) is 16.6. The van der Waals surface area contributed by atoms with E-state index in [9.17, 15) is 4.79 Å². The van der Waals surface area contributed by atoms with Crippen molar-refractivity contribution in [2.45, 2.75) is 23.9 Å². The fraction of sp³-hybridized carbons (Fsp3) is 0.409. The van der Waals surface area contributed by atoms with Crippen molar-refractivity contribution in [1.82, 2.24) is 10.2 Å². The van der Waals surface area contributed by atoms with Gasteiger partial charge in [0.1, 0.15) is 6.10 Å². The lowest BCUT2D eigenvalue weighted by molar-refractivity contribution is 0.0555. The van der Waals surface area contributed by atoms with Gasteiger partial charge in [-0.1, -0.05) is 71.7 Å². The van der Waals surface area contributed by atoms with Crippen LogP contribution in [0, 0.1) is 0 Å². The van der Waals surface area contributed by atoms with E-state index in [4.69, 9.17) is 27.9 Å². The molecule has 1 amide bonds. The molecule has 0 unspecified atom stereocenters. The van der Waals surface area contributed by atoms with Gasteiger partial charge in [-0.15, -0.1) is 0 Å². The summed E-state index contributed by atoms with van der Waals surface area (Å²) in [5.74, 6) is 0. The number of rotatable bonds is 7. The summed E-state index contributed by atoms with van der Waals surface area (Å²) in [6, 6.07) is 17.4. The van der Waals surface area contributed by atoms with Crippen LogP contribution in [0.2, 0.25) is 0 Å². The summed E-state index contributed by atoms with van der Waals surface area (Å²) >= 11 is 12.4. The van der Waals surface area contributed by atoms with Crippen LogP contribution in [0.4, 0.5) is 10.5 Å². The van der Waals surface area contributed by atoms with Crippen molar-refractivity contribution in [3.8, 4) is 11.1 Å². The minimum absolute atomic E-state index is 0.133. The van der Waals surface area contributed by atoms with Gasteiger partial charge in [0, 0.05) is 31.7 Å². The number of nitrogens with zero attached hydrogens (tertiary/aromatic N) is 2. The van der Waals surface area contributed by atoms with Gasteiger partial charge in [0.25, 0.3) is 0 Å². The molecule has 1 fully saturated rings. The number of piperidine rings is 1. The molecule has 5 nitrogen and oxygen atoms in total. The molecule has 3 rings (SSSR count). The maximum Gasteiger partial charge on any atom is 0.416 e. The van der Waals surface area contributed by atoms with Crippen molar-refractivity contribution >= 4 is 35.0 Å². The normalized spacial score (nSPS) is 15.4. The topological polar surface area (TPSA) is 44.8 Å². The Morgan fingerprint density at radius 3 is 2.45 bits per heavy atom. The lowest BCUT2D eigenvalue weighted by atomic mass is 10.0. The molecule has 7 heteroatoms. The van der Waals surface area contributed by atoms with Crippen LogP contribution in [0.25, 0.3) is 11.1 Å². The number of benzene rings is 2. The number of carbonyl (C=O) groups excluding carboxylic acids is 1. The van der Waals surface area contributed by atoms with Crippen molar-refractivity contribution in [2.75, 3.05) is 38.1 Å². The van der Waals surface area contributed by atoms with E-state index < -0.39 is 11.1 Å². The molecule has 0 atom stereocenters. The zero-order chi connectivity index (χ0) is 20.6. The molecular weight excluding hydrogens is 409 g/mol. The maximum absolute atomic E-state index is 13.0. The summed E-state index contributed by atoms with van der Waals surface area (Å²) in [5.41, 5.74) is 2.48. The first-order valence-corrected chi connectivity index (χ1v) is 10.8. The smallest absolute Gasteiger partial charge is 0.416 e. The molecule has 1 aliphatic heterocycles. The van der Waals surface area contributed by atoms with E-state index in [1.807, 2.05) is 61.6 Å². The molecule has 156 valence electrons. The van der Waals surface area contributed by atoms with Gasteiger partial charge in [0.05, 0.1) is 5.69 Å². The van der Waals surface area contributed by atoms with Gasteiger partial charge in [-0.25, -0.2) is 9.69 Å². The summed E-state index contributed by atoms with van der Waals surface area (Å²) in [4.78, 5) is 15.6. The van der Waals surface area contributed by atoms with Crippen LogP contribution < -0.4 is 10.2 Å². The van der Waals surface area contributed by atoms with E-state index >= 15 is 0 Å². The lowest BCUT2D eigenvalue weighted by Gasteiger charge is -2.33. The highest BCUT2D eigenvalue weighted by atomic mass is 35.5. The number of carbonyl (C=O) groups is 1. The van der Waals surface area contributed by atoms with Crippen molar-refractivity contribution in [3.05, 3.63) is 54.6 Å². The largest absolute Gasteiger partial charge is 0.446 e. The van der Waals surface area contributed by atoms with E-state index in [0.717, 1.165) is 50.1 Å². The van der Waals surface area contributed by atoms with Crippen LogP contribution in [0.5, 0.6) is 0 Å². The summed E-state index contributed by atoms with van der Waals surface area (Å²) in [5, 5.41) is 3.16. The zero-order valence-corrected chi connectivity index (χ0v) is 18.1. The third-order valence-corrected chi connectivity index (χ3v) is 5.51. The predicted molar refractivity (Wildman–Crippen MR) is 120 cm³/mol. The number of hydrogen-bond donors (Lipinski definition) is 1. The SMILES string of the molecule is CNCCN1CCC(OC(=O)N(c2ccccc2-c2ccccc2)C(Cl)Cl)CC1. The summed E-state index contributed by atoms with van der Waals surface area (Å²) < 4.78 is 5.79. The quantitative estimate of drug-likeness (QED) is 0.503. The minimum atomic E-state index is -1.05. The average molecular weight is 436 g/mol. The van der Waals surface area contributed by atoms with Gasteiger partial charge in [-0.2, -0.15) is 0 Å². The molecule has 2 aromatic rings. The van der Waals surface area contributed by atoms with E-state index in [-0.39, 0.29) is 6.10 Å². The van der Waals surface area contributed by atoms with E-state index in [0.29, 0.717) is 5.69 Å². The Kier molecular flexibility index (Phi) is 8.19. The third kappa shape index (κ3) is 5.86. The van der Waals surface area contributed by atoms with E-state index in [1.165, 1.54) is 4.90 Å². The first-order valence-electron chi connectivity index (χ1n) is 9.89. The second kappa shape index (κ2) is 10.8. The average Bonchev–Trinajstić information content (AvgIpc) is 2.74. The molecule has 1 heterocycles. The summed E-state index contributed by atoms with van der Waals surface area (Å²) in [7, 11) is 1.95. The number of nitrogens with one attached hydrogen (secondary N) is 1. The van der Waals surface area contributed by atoms with Gasteiger partial charge in [-0.05, 0) is 31.5 Å². The Morgan fingerprint density at radius 2 is 1.79 bits per heavy atom. The molecule has 0 aromatic heterocycles. The first kappa shape index (κ1) is 21.9. The van der Waals surface area contributed by atoms with Gasteiger partial charge in [0.15, 0.2) is 4.96 Å². The number of likely N-dealkylation sites (tertiary alicyclic amines) is 1. The number of para-hydroxylation sites is 1. The van der Waals surface area contributed by atoms with E-state index in [2.05, 4.69) is 10.2 Å². The third-order valence-electron chi connectivity index (χ3n) is 5.12. The molecule has 0 spiro atoms. The number of hydrogen-bond acceptors (Lipinski definition) is 4. The Balaban J connectivity index is 1.72. The predicted octanol–water partition coefficient (Wildman–Crippen LogP) is 4.74. The van der Waals surface area contributed by atoms with Crippen molar-refractivity contribution in [3.63, 3.8) is 0 Å². The van der Waals surface area contributed by atoms with Crippen molar-refractivity contribution in [1.29, 1.82) is 0 Å². The van der Waals surface area contributed by atoms with Gasteiger partial charge in [0.2, 0.25) is 0 Å². The highest BCUT2D eigenvalue weighted by Crippen LogP contribution is 2.34. The Labute approximate surface area is 182 Å². The van der Waals surface area contributed by atoms with Gasteiger partial charge >= 0.3 is 6.09 Å². The molecule has 1 aliphatic rings. The lowest BCUT2D eigenvalue weighted by Crippen LogP contribution is -2.43. The van der Waals surface area contributed by atoms with Crippen molar-refractivity contribution in [2.24, 2.45) is 0 Å². The number of anilines is 1. The molecule has 29 heavy (non-hydrogen) atoms. The Hall–Kier alpha value is -1.79. The molecule has 0 radical (unpaired) electrons. The first-order chi connectivity index (χ1) is 14.1. The van der Waals surface area contributed by atoms with Crippen LogP contribution in [0.3, 0.4) is 0 Å².